The lowest BCUT2D eigenvalue weighted by atomic mass is 10.0. The van der Waals surface area contributed by atoms with Gasteiger partial charge in [-0.15, -0.1) is 0 Å². The normalized spacial score (nSPS) is 16.8. The van der Waals surface area contributed by atoms with Crippen LogP contribution in [0.2, 0.25) is 0 Å². The van der Waals surface area contributed by atoms with E-state index in [1.165, 1.54) is 29.7 Å². The Balaban J connectivity index is 1.82. The molecule has 1 N–H and O–H groups in total. The van der Waals surface area contributed by atoms with Crippen LogP contribution in [0.3, 0.4) is 0 Å². The average molecular weight is 267 g/mol. The van der Waals surface area contributed by atoms with E-state index in [1.807, 2.05) is 18.5 Å². The van der Waals surface area contributed by atoms with Crippen molar-refractivity contribution in [2.24, 2.45) is 0 Å². The molecule has 1 aromatic heterocycles. The highest BCUT2D eigenvalue weighted by Gasteiger charge is 2.11. The second kappa shape index (κ2) is 6.64. The van der Waals surface area contributed by atoms with E-state index in [9.17, 15) is 0 Å². The molecule has 2 heterocycles. The molecule has 20 heavy (non-hydrogen) atoms. The van der Waals surface area contributed by atoms with Gasteiger partial charge in [-0.05, 0) is 36.7 Å². The second-order valence-electron chi connectivity index (χ2n) is 5.28. The molecule has 1 aromatic carbocycles. The predicted octanol–water partition coefficient (Wildman–Crippen LogP) is 2.54. The van der Waals surface area contributed by atoms with Crippen molar-refractivity contribution < 1.29 is 0 Å². The van der Waals surface area contributed by atoms with E-state index >= 15 is 0 Å². The number of rotatable bonds is 3. The number of hydrogen-bond acceptors (Lipinski definition) is 3. The SMILES string of the molecule is c1cncc(-c2ccccc2CN2CCCNCC2)c1. The molecule has 1 aliphatic rings. The summed E-state index contributed by atoms with van der Waals surface area (Å²) in [6, 6.07) is 12.8. The van der Waals surface area contributed by atoms with Crippen molar-refractivity contribution in [1.29, 1.82) is 0 Å². The van der Waals surface area contributed by atoms with Crippen LogP contribution in [-0.4, -0.2) is 36.1 Å². The molecule has 1 aliphatic heterocycles. The van der Waals surface area contributed by atoms with Gasteiger partial charge in [0.25, 0.3) is 0 Å². The van der Waals surface area contributed by atoms with Crippen LogP contribution in [0.25, 0.3) is 11.1 Å². The van der Waals surface area contributed by atoms with Crippen LogP contribution in [0, 0.1) is 0 Å². The largest absolute Gasteiger partial charge is 0.315 e. The number of nitrogens with one attached hydrogen (secondary N) is 1. The molecule has 3 heteroatoms. The Labute approximate surface area is 120 Å². The highest BCUT2D eigenvalue weighted by molar-refractivity contribution is 5.66. The van der Waals surface area contributed by atoms with Crippen molar-refractivity contribution >= 4 is 0 Å². The Bertz CT molecular complexity index is 531. The molecule has 0 amide bonds. The third kappa shape index (κ3) is 3.24. The van der Waals surface area contributed by atoms with E-state index in [1.54, 1.807) is 0 Å². The van der Waals surface area contributed by atoms with Crippen molar-refractivity contribution in [3.63, 3.8) is 0 Å². The minimum atomic E-state index is 1.02. The number of hydrogen-bond donors (Lipinski definition) is 1. The van der Waals surface area contributed by atoms with E-state index in [4.69, 9.17) is 0 Å². The molecular formula is C17H21N3. The van der Waals surface area contributed by atoms with Crippen LogP contribution < -0.4 is 5.32 Å². The fraction of sp³-hybridized carbons (Fsp3) is 0.353. The number of nitrogens with zero attached hydrogens (tertiary/aromatic N) is 2. The second-order valence-corrected chi connectivity index (χ2v) is 5.28. The minimum Gasteiger partial charge on any atom is -0.315 e. The summed E-state index contributed by atoms with van der Waals surface area (Å²) in [6.07, 6.45) is 5.00. The van der Waals surface area contributed by atoms with Crippen LogP contribution in [0.4, 0.5) is 0 Å². The van der Waals surface area contributed by atoms with Crippen molar-refractivity contribution in [2.45, 2.75) is 13.0 Å². The molecule has 104 valence electrons. The Morgan fingerprint density at radius 2 is 2.00 bits per heavy atom. The predicted molar refractivity (Wildman–Crippen MR) is 82.4 cm³/mol. The van der Waals surface area contributed by atoms with Crippen LogP contribution in [0.1, 0.15) is 12.0 Å². The van der Waals surface area contributed by atoms with Crippen LogP contribution in [0.15, 0.2) is 48.8 Å². The van der Waals surface area contributed by atoms with Gasteiger partial charge < -0.3 is 5.32 Å². The van der Waals surface area contributed by atoms with Gasteiger partial charge in [-0.1, -0.05) is 30.3 Å². The van der Waals surface area contributed by atoms with E-state index in [0.29, 0.717) is 0 Å². The molecule has 0 unspecified atom stereocenters. The zero-order valence-electron chi connectivity index (χ0n) is 11.8. The van der Waals surface area contributed by atoms with Gasteiger partial charge in [0, 0.05) is 37.6 Å². The topological polar surface area (TPSA) is 28.2 Å². The lowest BCUT2D eigenvalue weighted by Crippen LogP contribution is -2.27. The summed E-state index contributed by atoms with van der Waals surface area (Å²) in [5.41, 5.74) is 3.90. The fourth-order valence-corrected chi connectivity index (χ4v) is 2.76. The molecule has 0 atom stereocenters. The standard InChI is InChI=1S/C17H21N3/c1-2-7-17(15-6-3-8-19-13-15)16(5-1)14-20-11-4-9-18-10-12-20/h1-3,5-8,13,18H,4,9-12,14H2. The Morgan fingerprint density at radius 3 is 2.90 bits per heavy atom. The first-order valence-electron chi connectivity index (χ1n) is 7.35. The molecular weight excluding hydrogens is 246 g/mol. The summed E-state index contributed by atoms with van der Waals surface area (Å²) in [7, 11) is 0. The van der Waals surface area contributed by atoms with Crippen LogP contribution >= 0.6 is 0 Å². The molecule has 0 radical (unpaired) electrons. The van der Waals surface area contributed by atoms with E-state index in [-0.39, 0.29) is 0 Å². The lowest BCUT2D eigenvalue weighted by Gasteiger charge is -2.21. The van der Waals surface area contributed by atoms with Gasteiger partial charge in [-0.25, -0.2) is 0 Å². The quantitative estimate of drug-likeness (QED) is 0.926. The third-order valence-corrected chi connectivity index (χ3v) is 3.82. The third-order valence-electron chi connectivity index (χ3n) is 3.82. The highest BCUT2D eigenvalue weighted by Crippen LogP contribution is 2.24. The smallest absolute Gasteiger partial charge is 0.0346 e. The summed E-state index contributed by atoms with van der Waals surface area (Å²) < 4.78 is 0. The molecule has 1 saturated heterocycles. The van der Waals surface area contributed by atoms with Crippen molar-refractivity contribution in [3.05, 3.63) is 54.4 Å². The fourth-order valence-electron chi connectivity index (χ4n) is 2.76. The summed E-state index contributed by atoms with van der Waals surface area (Å²) in [5, 5.41) is 3.46. The Morgan fingerprint density at radius 1 is 1.05 bits per heavy atom. The van der Waals surface area contributed by atoms with Gasteiger partial charge in [0.1, 0.15) is 0 Å². The Hall–Kier alpha value is -1.71. The van der Waals surface area contributed by atoms with Gasteiger partial charge in [-0.3, -0.25) is 9.88 Å². The number of benzene rings is 1. The number of aromatic nitrogens is 1. The Kier molecular flexibility index (Phi) is 4.41. The van der Waals surface area contributed by atoms with Crippen molar-refractivity contribution in [3.8, 4) is 11.1 Å². The minimum absolute atomic E-state index is 1.02. The maximum Gasteiger partial charge on any atom is 0.0346 e. The zero-order valence-corrected chi connectivity index (χ0v) is 11.8. The van der Waals surface area contributed by atoms with E-state index in [2.05, 4.69) is 45.5 Å². The molecule has 3 rings (SSSR count). The summed E-state index contributed by atoms with van der Waals surface area (Å²) >= 11 is 0. The first-order valence-corrected chi connectivity index (χ1v) is 7.35. The van der Waals surface area contributed by atoms with Gasteiger partial charge in [-0.2, -0.15) is 0 Å². The molecule has 1 fully saturated rings. The van der Waals surface area contributed by atoms with E-state index < -0.39 is 0 Å². The number of pyridine rings is 1. The van der Waals surface area contributed by atoms with E-state index in [0.717, 1.165) is 26.2 Å². The molecule has 3 nitrogen and oxygen atoms in total. The molecule has 0 saturated carbocycles. The first-order chi connectivity index (χ1) is 9.93. The average Bonchev–Trinajstić information content (AvgIpc) is 2.77. The molecule has 0 spiro atoms. The van der Waals surface area contributed by atoms with Gasteiger partial charge in [0.2, 0.25) is 0 Å². The molecule has 0 aliphatic carbocycles. The summed E-state index contributed by atoms with van der Waals surface area (Å²) in [5.74, 6) is 0. The van der Waals surface area contributed by atoms with Crippen molar-refractivity contribution in [1.82, 2.24) is 15.2 Å². The summed E-state index contributed by atoms with van der Waals surface area (Å²) in [4.78, 5) is 6.78. The van der Waals surface area contributed by atoms with Gasteiger partial charge in [0.15, 0.2) is 0 Å². The maximum atomic E-state index is 4.24. The van der Waals surface area contributed by atoms with Crippen LogP contribution in [-0.2, 0) is 6.54 Å². The summed E-state index contributed by atoms with van der Waals surface area (Å²) in [6.45, 7) is 5.55. The highest BCUT2D eigenvalue weighted by atomic mass is 15.1. The monoisotopic (exact) mass is 267 g/mol. The molecule has 2 aromatic rings. The lowest BCUT2D eigenvalue weighted by molar-refractivity contribution is 0.285. The zero-order chi connectivity index (χ0) is 13.6. The maximum absolute atomic E-state index is 4.24. The van der Waals surface area contributed by atoms with Crippen molar-refractivity contribution in [2.75, 3.05) is 26.2 Å². The first kappa shape index (κ1) is 13.3. The molecule has 0 bridgehead atoms. The van der Waals surface area contributed by atoms with Crippen LogP contribution in [0.5, 0.6) is 0 Å². The van der Waals surface area contributed by atoms with Gasteiger partial charge >= 0.3 is 0 Å². The van der Waals surface area contributed by atoms with Gasteiger partial charge in [0.05, 0.1) is 0 Å².